The van der Waals surface area contributed by atoms with E-state index >= 15 is 0 Å². The van der Waals surface area contributed by atoms with Crippen LogP contribution in [-0.2, 0) is 11.3 Å². The monoisotopic (exact) mass is 418 g/mol. The van der Waals surface area contributed by atoms with Crippen LogP contribution in [0.4, 0.5) is 15.8 Å². The summed E-state index contributed by atoms with van der Waals surface area (Å²) >= 11 is 0. The number of piperazine rings is 1. The summed E-state index contributed by atoms with van der Waals surface area (Å²) in [5.41, 5.74) is 3.75. The Labute approximate surface area is 180 Å². The third-order valence-corrected chi connectivity index (χ3v) is 5.32. The number of aryl methyl sites for hydroxylation is 1. The Morgan fingerprint density at radius 1 is 1.06 bits per heavy atom. The highest BCUT2D eigenvalue weighted by Crippen LogP contribution is 2.24. The average Bonchev–Trinajstić information content (AvgIpc) is 2.79. The molecule has 1 saturated heterocycles. The second kappa shape index (κ2) is 8.95. The molecule has 1 N–H and O–H groups in total. The highest BCUT2D eigenvalue weighted by atomic mass is 19.1. The van der Waals surface area contributed by atoms with E-state index in [1.54, 1.807) is 29.4 Å². The van der Waals surface area contributed by atoms with E-state index in [1.165, 1.54) is 17.0 Å². The van der Waals surface area contributed by atoms with Gasteiger partial charge in [-0.25, -0.2) is 4.39 Å². The minimum absolute atomic E-state index is 0.0394. The van der Waals surface area contributed by atoms with E-state index in [9.17, 15) is 14.0 Å². The Hall–Kier alpha value is -3.74. The van der Waals surface area contributed by atoms with Crippen LogP contribution in [-0.4, -0.2) is 41.3 Å². The molecular weight excluding hydrogens is 395 g/mol. The number of rotatable bonds is 5. The lowest BCUT2D eigenvalue weighted by molar-refractivity contribution is -0.120. The molecule has 2 amide bonds. The van der Waals surface area contributed by atoms with Crippen molar-refractivity contribution in [1.82, 2.24) is 9.88 Å². The zero-order valence-corrected chi connectivity index (χ0v) is 17.2. The minimum atomic E-state index is -0.354. The number of hydrogen-bond acceptors (Lipinski definition) is 4. The average molecular weight is 418 g/mol. The van der Waals surface area contributed by atoms with Gasteiger partial charge >= 0.3 is 0 Å². The number of benzene rings is 2. The fourth-order valence-corrected chi connectivity index (χ4v) is 3.66. The maximum Gasteiger partial charge on any atom is 0.258 e. The van der Waals surface area contributed by atoms with E-state index in [-0.39, 0.29) is 24.2 Å². The molecule has 0 bridgehead atoms. The minimum Gasteiger partial charge on any atom is -0.380 e. The van der Waals surface area contributed by atoms with Crippen molar-refractivity contribution in [3.8, 4) is 0 Å². The summed E-state index contributed by atoms with van der Waals surface area (Å²) in [5.74, 6) is -0.794. The van der Waals surface area contributed by atoms with Crippen LogP contribution in [0.2, 0.25) is 0 Å². The molecule has 1 aliphatic rings. The zero-order valence-electron chi connectivity index (χ0n) is 17.2. The second-order valence-electron chi connectivity index (χ2n) is 7.47. The lowest BCUT2D eigenvalue weighted by atomic mass is 10.1. The molecule has 1 aliphatic heterocycles. The first-order chi connectivity index (χ1) is 15.0. The molecule has 6 nitrogen and oxygen atoms in total. The number of carbonyl (C=O) groups is 2. The van der Waals surface area contributed by atoms with Gasteiger partial charge < -0.3 is 15.1 Å². The van der Waals surface area contributed by atoms with Gasteiger partial charge in [0.05, 0.1) is 11.3 Å². The molecule has 7 heteroatoms. The van der Waals surface area contributed by atoms with Crippen LogP contribution in [0.5, 0.6) is 0 Å². The van der Waals surface area contributed by atoms with Crippen molar-refractivity contribution < 1.29 is 14.0 Å². The molecule has 4 rings (SSSR count). The Balaban J connectivity index is 1.49. The van der Waals surface area contributed by atoms with Gasteiger partial charge in [-0.2, -0.15) is 0 Å². The Morgan fingerprint density at radius 2 is 1.81 bits per heavy atom. The number of halogens is 1. The Morgan fingerprint density at radius 3 is 2.52 bits per heavy atom. The van der Waals surface area contributed by atoms with Crippen LogP contribution >= 0.6 is 0 Å². The topological polar surface area (TPSA) is 65.5 Å². The third kappa shape index (κ3) is 4.55. The van der Waals surface area contributed by atoms with Gasteiger partial charge in [-0.15, -0.1) is 0 Å². The standard InChI is InChI=1S/C24H23FN4O2/c1-17-13-26-15-21(23(17)27-14-18-5-3-2-4-6-18)24(31)28-11-12-29(22(30)16-28)20-9-7-19(25)8-10-20/h2-10,13,15H,11-12,14,16H2,1H3,(H,26,27). The van der Waals surface area contributed by atoms with Crippen molar-refractivity contribution in [2.75, 3.05) is 29.9 Å². The van der Waals surface area contributed by atoms with Crippen LogP contribution < -0.4 is 10.2 Å². The summed E-state index contributed by atoms with van der Waals surface area (Å²) in [7, 11) is 0. The van der Waals surface area contributed by atoms with E-state index in [0.29, 0.717) is 30.9 Å². The highest BCUT2D eigenvalue weighted by Gasteiger charge is 2.30. The molecule has 0 atom stereocenters. The lowest BCUT2D eigenvalue weighted by Gasteiger charge is -2.34. The van der Waals surface area contributed by atoms with E-state index in [0.717, 1.165) is 16.8 Å². The third-order valence-electron chi connectivity index (χ3n) is 5.32. The van der Waals surface area contributed by atoms with Gasteiger partial charge in [-0.1, -0.05) is 30.3 Å². The van der Waals surface area contributed by atoms with Crippen molar-refractivity contribution >= 4 is 23.2 Å². The van der Waals surface area contributed by atoms with Crippen molar-refractivity contribution in [3.05, 3.63) is 89.5 Å². The molecule has 2 heterocycles. The number of hydrogen-bond donors (Lipinski definition) is 1. The molecule has 0 saturated carbocycles. The number of pyridine rings is 1. The molecule has 0 spiro atoms. The van der Waals surface area contributed by atoms with Crippen molar-refractivity contribution in [2.24, 2.45) is 0 Å². The van der Waals surface area contributed by atoms with Crippen LogP contribution in [0, 0.1) is 12.7 Å². The first kappa shape index (κ1) is 20.5. The smallest absolute Gasteiger partial charge is 0.258 e. The molecule has 0 unspecified atom stereocenters. The fraction of sp³-hybridized carbons (Fsp3) is 0.208. The zero-order chi connectivity index (χ0) is 21.8. The first-order valence-corrected chi connectivity index (χ1v) is 10.1. The van der Waals surface area contributed by atoms with Crippen LogP contribution in [0.3, 0.4) is 0 Å². The predicted octanol–water partition coefficient (Wildman–Crippen LogP) is 3.63. The maximum atomic E-state index is 13.2. The number of nitrogens with one attached hydrogen (secondary N) is 1. The van der Waals surface area contributed by atoms with E-state index in [2.05, 4.69) is 10.3 Å². The van der Waals surface area contributed by atoms with Gasteiger partial charge in [-0.05, 0) is 42.3 Å². The van der Waals surface area contributed by atoms with Gasteiger partial charge in [0.25, 0.3) is 5.91 Å². The molecule has 0 radical (unpaired) electrons. The predicted molar refractivity (Wildman–Crippen MR) is 117 cm³/mol. The van der Waals surface area contributed by atoms with Crippen LogP contribution in [0.15, 0.2) is 67.0 Å². The number of nitrogens with zero attached hydrogens (tertiary/aromatic N) is 3. The molecule has 0 aliphatic carbocycles. The molecular formula is C24H23FN4O2. The number of anilines is 2. The van der Waals surface area contributed by atoms with E-state index < -0.39 is 0 Å². The molecule has 1 aromatic heterocycles. The number of amides is 2. The van der Waals surface area contributed by atoms with E-state index in [4.69, 9.17) is 0 Å². The van der Waals surface area contributed by atoms with E-state index in [1.807, 2.05) is 37.3 Å². The second-order valence-corrected chi connectivity index (χ2v) is 7.47. The van der Waals surface area contributed by atoms with Gasteiger partial charge in [0, 0.05) is 37.7 Å². The quantitative estimate of drug-likeness (QED) is 0.687. The summed E-state index contributed by atoms with van der Waals surface area (Å²) in [6.45, 7) is 3.16. The van der Waals surface area contributed by atoms with Gasteiger partial charge in [0.1, 0.15) is 12.4 Å². The Kier molecular flexibility index (Phi) is 5.93. The number of aromatic nitrogens is 1. The van der Waals surface area contributed by atoms with Gasteiger partial charge in [0.15, 0.2) is 0 Å². The normalized spacial score (nSPS) is 13.9. The summed E-state index contributed by atoms with van der Waals surface area (Å²) < 4.78 is 13.2. The summed E-state index contributed by atoms with van der Waals surface area (Å²) in [6.07, 6.45) is 3.25. The Bertz CT molecular complexity index is 1090. The highest BCUT2D eigenvalue weighted by molar-refractivity contribution is 6.04. The molecule has 1 fully saturated rings. The van der Waals surface area contributed by atoms with Crippen LogP contribution in [0.1, 0.15) is 21.5 Å². The molecule has 158 valence electrons. The molecule has 31 heavy (non-hydrogen) atoms. The molecule has 3 aromatic rings. The van der Waals surface area contributed by atoms with Crippen molar-refractivity contribution in [2.45, 2.75) is 13.5 Å². The lowest BCUT2D eigenvalue weighted by Crippen LogP contribution is -2.52. The fourth-order valence-electron chi connectivity index (χ4n) is 3.66. The van der Waals surface area contributed by atoms with Gasteiger partial charge in [-0.3, -0.25) is 14.6 Å². The largest absolute Gasteiger partial charge is 0.380 e. The first-order valence-electron chi connectivity index (χ1n) is 10.1. The SMILES string of the molecule is Cc1cncc(C(=O)N2CCN(c3ccc(F)cc3)C(=O)C2)c1NCc1ccccc1. The van der Waals surface area contributed by atoms with Crippen LogP contribution in [0.25, 0.3) is 0 Å². The van der Waals surface area contributed by atoms with Crippen molar-refractivity contribution in [3.63, 3.8) is 0 Å². The summed E-state index contributed by atoms with van der Waals surface area (Å²) in [5, 5.41) is 3.35. The maximum absolute atomic E-state index is 13.2. The summed E-state index contributed by atoms with van der Waals surface area (Å²) in [6, 6.07) is 15.7. The van der Waals surface area contributed by atoms with Gasteiger partial charge in [0.2, 0.25) is 5.91 Å². The number of carbonyl (C=O) groups excluding carboxylic acids is 2. The molecule has 2 aromatic carbocycles. The summed E-state index contributed by atoms with van der Waals surface area (Å²) in [4.78, 5) is 33.2. The van der Waals surface area contributed by atoms with Crippen molar-refractivity contribution in [1.29, 1.82) is 0 Å².